The van der Waals surface area contributed by atoms with Gasteiger partial charge in [-0.05, 0) is 40.2 Å². The molecular weight excluding hydrogens is 244 g/mol. The highest BCUT2D eigenvalue weighted by Crippen LogP contribution is 2.18. The van der Waals surface area contributed by atoms with Crippen molar-refractivity contribution in [3.63, 3.8) is 0 Å². The summed E-state index contributed by atoms with van der Waals surface area (Å²) < 4.78 is 0. The van der Waals surface area contributed by atoms with E-state index in [0.29, 0.717) is 0 Å². The van der Waals surface area contributed by atoms with Gasteiger partial charge in [-0.15, -0.1) is 0 Å². The summed E-state index contributed by atoms with van der Waals surface area (Å²) in [6.07, 6.45) is 3.25. The van der Waals surface area contributed by atoms with Gasteiger partial charge in [0.25, 0.3) is 0 Å². The third kappa shape index (κ3) is 5.57. The number of urea groups is 1. The van der Waals surface area contributed by atoms with E-state index in [9.17, 15) is 9.59 Å². The number of nitrogens with two attached hydrogens (primary N) is 1. The van der Waals surface area contributed by atoms with Gasteiger partial charge in [0, 0.05) is 18.1 Å². The Morgan fingerprint density at radius 2 is 2.00 bits per heavy atom. The fraction of sp³-hybridized carbons (Fsp3) is 0.846. The largest absolute Gasteiger partial charge is 0.336 e. The molecule has 0 aromatic carbocycles. The van der Waals surface area contributed by atoms with Crippen LogP contribution in [-0.2, 0) is 4.79 Å². The predicted octanol–water partition coefficient (Wildman–Crippen LogP) is 0.422. The van der Waals surface area contributed by atoms with Crippen molar-refractivity contribution < 1.29 is 9.59 Å². The van der Waals surface area contributed by atoms with Crippen LogP contribution in [0.3, 0.4) is 0 Å². The molecule has 1 heterocycles. The molecule has 4 N–H and O–H groups in total. The van der Waals surface area contributed by atoms with E-state index in [1.165, 1.54) is 0 Å². The second-order valence-electron chi connectivity index (χ2n) is 5.57. The maximum absolute atomic E-state index is 11.8. The van der Waals surface area contributed by atoms with Gasteiger partial charge in [0.1, 0.15) is 0 Å². The Morgan fingerprint density at radius 1 is 1.32 bits per heavy atom. The number of carbonyl (C=O) groups is 2. The van der Waals surface area contributed by atoms with E-state index < -0.39 is 6.03 Å². The summed E-state index contributed by atoms with van der Waals surface area (Å²) in [6.45, 7) is 6.76. The van der Waals surface area contributed by atoms with Gasteiger partial charge in [0.15, 0.2) is 0 Å². The van der Waals surface area contributed by atoms with Crippen LogP contribution in [0.5, 0.6) is 0 Å². The molecule has 110 valence electrons. The van der Waals surface area contributed by atoms with Crippen molar-refractivity contribution in [2.75, 3.05) is 13.1 Å². The number of amides is 3. The van der Waals surface area contributed by atoms with Crippen molar-refractivity contribution in [3.05, 3.63) is 0 Å². The third-order valence-corrected chi connectivity index (χ3v) is 3.29. The van der Waals surface area contributed by atoms with Crippen molar-refractivity contribution >= 4 is 11.9 Å². The van der Waals surface area contributed by atoms with Gasteiger partial charge in [-0.3, -0.25) is 15.0 Å². The van der Waals surface area contributed by atoms with Crippen LogP contribution in [0.2, 0.25) is 0 Å². The summed E-state index contributed by atoms with van der Waals surface area (Å²) >= 11 is 0. The predicted molar refractivity (Wildman–Crippen MR) is 74.7 cm³/mol. The van der Waals surface area contributed by atoms with Crippen LogP contribution in [0.4, 0.5) is 4.79 Å². The molecular formula is C13H26N4O2. The number of likely N-dealkylation sites (tertiary alicyclic amines) is 1. The molecule has 19 heavy (non-hydrogen) atoms. The first-order chi connectivity index (χ1) is 8.90. The lowest BCUT2D eigenvalue weighted by Gasteiger charge is -2.37. The molecule has 0 aliphatic carbocycles. The second-order valence-corrected chi connectivity index (χ2v) is 5.57. The van der Waals surface area contributed by atoms with E-state index in [2.05, 4.69) is 15.5 Å². The average molecular weight is 270 g/mol. The van der Waals surface area contributed by atoms with Gasteiger partial charge in [0.05, 0.1) is 6.54 Å². The van der Waals surface area contributed by atoms with Crippen molar-refractivity contribution in [1.82, 2.24) is 15.5 Å². The van der Waals surface area contributed by atoms with Gasteiger partial charge in [-0.25, -0.2) is 4.79 Å². The zero-order valence-electron chi connectivity index (χ0n) is 12.1. The summed E-state index contributed by atoms with van der Waals surface area (Å²) in [5, 5.41) is 4.98. The average Bonchev–Trinajstić information content (AvgIpc) is 2.27. The molecule has 1 fully saturated rings. The SMILES string of the molecule is CC(C)NC(=O)NC(=O)CN1CCCCC1C(C)N. The molecule has 1 aliphatic heterocycles. The van der Waals surface area contributed by atoms with E-state index in [0.717, 1.165) is 25.8 Å². The van der Waals surface area contributed by atoms with Crippen LogP contribution in [-0.4, -0.2) is 48.1 Å². The number of imide groups is 1. The van der Waals surface area contributed by atoms with E-state index in [1.807, 2.05) is 20.8 Å². The first-order valence-electron chi connectivity index (χ1n) is 7.00. The summed E-state index contributed by atoms with van der Waals surface area (Å²) in [7, 11) is 0. The number of piperidine rings is 1. The molecule has 6 heteroatoms. The number of nitrogens with zero attached hydrogens (tertiary/aromatic N) is 1. The van der Waals surface area contributed by atoms with Crippen LogP contribution >= 0.6 is 0 Å². The molecule has 1 rings (SSSR count). The Kier molecular flexibility index (Phi) is 6.24. The van der Waals surface area contributed by atoms with Crippen LogP contribution in [0.25, 0.3) is 0 Å². The van der Waals surface area contributed by atoms with Gasteiger partial charge in [-0.2, -0.15) is 0 Å². The van der Waals surface area contributed by atoms with Crippen LogP contribution < -0.4 is 16.4 Å². The van der Waals surface area contributed by atoms with E-state index in [-0.39, 0.29) is 30.6 Å². The van der Waals surface area contributed by atoms with Crippen LogP contribution in [0, 0.1) is 0 Å². The Hall–Kier alpha value is -1.14. The summed E-state index contributed by atoms with van der Waals surface area (Å²) in [4.78, 5) is 25.3. The monoisotopic (exact) mass is 270 g/mol. The summed E-state index contributed by atoms with van der Waals surface area (Å²) in [6, 6.07) is -0.154. The smallest absolute Gasteiger partial charge is 0.321 e. The number of hydrogen-bond donors (Lipinski definition) is 3. The molecule has 3 amide bonds. The number of nitrogens with one attached hydrogen (secondary N) is 2. The normalized spacial score (nSPS) is 22.1. The minimum Gasteiger partial charge on any atom is -0.336 e. The first kappa shape index (κ1) is 15.9. The van der Waals surface area contributed by atoms with Crippen LogP contribution in [0.1, 0.15) is 40.0 Å². The highest BCUT2D eigenvalue weighted by molar-refractivity contribution is 5.95. The molecule has 0 saturated carbocycles. The van der Waals surface area contributed by atoms with Crippen molar-refractivity contribution in [2.45, 2.75) is 58.2 Å². The highest BCUT2D eigenvalue weighted by atomic mass is 16.2. The van der Waals surface area contributed by atoms with Crippen molar-refractivity contribution in [3.8, 4) is 0 Å². The zero-order valence-corrected chi connectivity index (χ0v) is 12.1. The quantitative estimate of drug-likeness (QED) is 0.691. The topological polar surface area (TPSA) is 87.5 Å². The van der Waals surface area contributed by atoms with Gasteiger partial charge < -0.3 is 11.1 Å². The molecule has 1 saturated heterocycles. The standard InChI is InChI=1S/C13H26N4O2/c1-9(2)15-13(19)16-12(18)8-17-7-5-4-6-11(17)10(3)14/h9-11H,4-8,14H2,1-3H3,(H2,15,16,18,19). The molecule has 0 radical (unpaired) electrons. The first-order valence-corrected chi connectivity index (χ1v) is 7.00. The Balaban J connectivity index is 2.43. The number of rotatable bonds is 4. The lowest BCUT2D eigenvalue weighted by molar-refractivity contribution is -0.122. The number of carbonyl (C=O) groups excluding carboxylic acids is 2. The second kappa shape index (κ2) is 7.45. The lowest BCUT2D eigenvalue weighted by Crippen LogP contribution is -2.53. The molecule has 0 aromatic rings. The van der Waals surface area contributed by atoms with E-state index in [1.54, 1.807) is 0 Å². The summed E-state index contributed by atoms with van der Waals surface area (Å²) in [5.74, 6) is -0.272. The van der Waals surface area contributed by atoms with Gasteiger partial charge in [-0.1, -0.05) is 6.42 Å². The minimum atomic E-state index is -0.436. The van der Waals surface area contributed by atoms with E-state index >= 15 is 0 Å². The van der Waals surface area contributed by atoms with Crippen molar-refractivity contribution in [1.29, 1.82) is 0 Å². The molecule has 0 spiro atoms. The molecule has 6 nitrogen and oxygen atoms in total. The maximum atomic E-state index is 11.8. The van der Waals surface area contributed by atoms with Crippen LogP contribution in [0.15, 0.2) is 0 Å². The molecule has 1 aliphatic rings. The lowest BCUT2D eigenvalue weighted by atomic mass is 9.97. The Morgan fingerprint density at radius 3 is 2.58 bits per heavy atom. The summed E-state index contributed by atoms with van der Waals surface area (Å²) in [5.41, 5.74) is 5.95. The van der Waals surface area contributed by atoms with E-state index in [4.69, 9.17) is 5.73 Å². The van der Waals surface area contributed by atoms with Crippen molar-refractivity contribution in [2.24, 2.45) is 5.73 Å². The Labute approximate surface area is 115 Å². The number of hydrogen-bond acceptors (Lipinski definition) is 4. The molecule has 0 bridgehead atoms. The Bertz CT molecular complexity index is 318. The molecule has 2 unspecified atom stereocenters. The third-order valence-electron chi connectivity index (χ3n) is 3.29. The zero-order chi connectivity index (χ0) is 14.4. The maximum Gasteiger partial charge on any atom is 0.321 e. The fourth-order valence-corrected chi connectivity index (χ4v) is 2.46. The van der Waals surface area contributed by atoms with Gasteiger partial charge in [0.2, 0.25) is 5.91 Å². The highest BCUT2D eigenvalue weighted by Gasteiger charge is 2.27. The van der Waals surface area contributed by atoms with Gasteiger partial charge >= 0.3 is 6.03 Å². The minimum absolute atomic E-state index is 0.0135. The molecule has 2 atom stereocenters. The fourth-order valence-electron chi connectivity index (χ4n) is 2.46. The molecule has 0 aromatic heterocycles.